The lowest BCUT2D eigenvalue weighted by Crippen LogP contribution is -1.96. The highest BCUT2D eigenvalue weighted by atomic mass is 16.5. The van der Waals surface area contributed by atoms with E-state index in [1.54, 1.807) is 13.3 Å². The van der Waals surface area contributed by atoms with Gasteiger partial charge in [0.1, 0.15) is 5.75 Å². The number of hydrogen-bond acceptors (Lipinski definition) is 4. The van der Waals surface area contributed by atoms with Crippen LogP contribution in [0.4, 0.5) is 17.1 Å². The third-order valence-electron chi connectivity index (χ3n) is 2.98. The Morgan fingerprint density at radius 2 is 2.00 bits per heavy atom. The fourth-order valence-corrected chi connectivity index (χ4v) is 1.95. The van der Waals surface area contributed by atoms with Gasteiger partial charge in [0.05, 0.1) is 30.2 Å². The first-order chi connectivity index (χ1) is 9.26. The van der Waals surface area contributed by atoms with Crippen molar-refractivity contribution in [2.24, 2.45) is 0 Å². The highest BCUT2D eigenvalue weighted by Gasteiger charge is 2.04. The minimum Gasteiger partial charge on any atom is -0.497 e. The van der Waals surface area contributed by atoms with Crippen molar-refractivity contribution in [1.82, 2.24) is 10.2 Å². The van der Waals surface area contributed by atoms with E-state index < -0.39 is 0 Å². The van der Waals surface area contributed by atoms with Crippen LogP contribution in [-0.2, 0) is 0 Å². The Hall–Kier alpha value is -2.69. The number of hydrogen-bond donors (Lipinski definition) is 3. The van der Waals surface area contributed by atoms with E-state index in [-0.39, 0.29) is 0 Å². The number of nitrogens with zero attached hydrogens (tertiary/aromatic N) is 1. The molecule has 0 aliphatic carbocycles. The monoisotopic (exact) mass is 254 g/mol. The SMILES string of the molecule is COc1ccc(Nc2cc3[nH]ncc3cc2N)cc1. The molecule has 3 rings (SSSR count). The molecular formula is C14H14N4O. The Kier molecular flexibility index (Phi) is 2.72. The van der Waals surface area contributed by atoms with Crippen molar-refractivity contribution in [1.29, 1.82) is 0 Å². The summed E-state index contributed by atoms with van der Waals surface area (Å²) >= 11 is 0. The van der Waals surface area contributed by atoms with Gasteiger partial charge in [0.15, 0.2) is 0 Å². The molecular weight excluding hydrogens is 240 g/mol. The van der Waals surface area contributed by atoms with Crippen molar-refractivity contribution in [3.8, 4) is 5.75 Å². The summed E-state index contributed by atoms with van der Waals surface area (Å²) in [6.07, 6.45) is 1.75. The summed E-state index contributed by atoms with van der Waals surface area (Å²) in [4.78, 5) is 0. The second kappa shape index (κ2) is 4.53. The highest BCUT2D eigenvalue weighted by Crippen LogP contribution is 2.28. The van der Waals surface area contributed by atoms with Crippen LogP contribution in [0.3, 0.4) is 0 Å². The molecule has 2 aromatic carbocycles. The zero-order valence-corrected chi connectivity index (χ0v) is 10.5. The number of nitrogens with two attached hydrogens (primary N) is 1. The first-order valence-corrected chi connectivity index (χ1v) is 5.90. The van der Waals surface area contributed by atoms with Crippen molar-refractivity contribution in [3.63, 3.8) is 0 Å². The molecule has 1 heterocycles. The van der Waals surface area contributed by atoms with E-state index in [9.17, 15) is 0 Å². The predicted octanol–water partition coefficient (Wildman–Crippen LogP) is 2.90. The topological polar surface area (TPSA) is 76.0 Å². The van der Waals surface area contributed by atoms with E-state index in [0.717, 1.165) is 28.0 Å². The first-order valence-electron chi connectivity index (χ1n) is 5.90. The summed E-state index contributed by atoms with van der Waals surface area (Å²) in [6, 6.07) is 11.5. The average Bonchev–Trinajstić information content (AvgIpc) is 2.87. The van der Waals surface area contributed by atoms with Gasteiger partial charge in [0.25, 0.3) is 0 Å². The highest BCUT2D eigenvalue weighted by molar-refractivity contribution is 5.89. The zero-order chi connectivity index (χ0) is 13.2. The lowest BCUT2D eigenvalue weighted by Gasteiger charge is -2.10. The number of nitrogen functional groups attached to an aromatic ring is 1. The molecule has 0 atom stereocenters. The fraction of sp³-hybridized carbons (Fsp3) is 0.0714. The minimum atomic E-state index is 0.685. The molecule has 0 spiro atoms. The lowest BCUT2D eigenvalue weighted by molar-refractivity contribution is 0.415. The quantitative estimate of drug-likeness (QED) is 0.628. The maximum Gasteiger partial charge on any atom is 0.119 e. The molecule has 19 heavy (non-hydrogen) atoms. The van der Waals surface area contributed by atoms with Gasteiger partial charge in [-0.25, -0.2) is 0 Å². The van der Waals surface area contributed by atoms with E-state index in [4.69, 9.17) is 10.5 Å². The van der Waals surface area contributed by atoms with Crippen molar-refractivity contribution in [3.05, 3.63) is 42.6 Å². The van der Waals surface area contributed by atoms with E-state index in [2.05, 4.69) is 15.5 Å². The number of aromatic nitrogens is 2. The van der Waals surface area contributed by atoms with Crippen LogP contribution in [-0.4, -0.2) is 17.3 Å². The normalized spacial score (nSPS) is 10.6. The first kappa shape index (κ1) is 11.4. The molecule has 5 heteroatoms. The van der Waals surface area contributed by atoms with Gasteiger partial charge in [-0.05, 0) is 36.4 Å². The predicted molar refractivity (Wildman–Crippen MR) is 76.8 cm³/mol. The lowest BCUT2D eigenvalue weighted by atomic mass is 10.2. The molecule has 0 fully saturated rings. The summed E-state index contributed by atoms with van der Waals surface area (Å²) in [5, 5.41) is 11.2. The standard InChI is InChI=1S/C14H14N4O/c1-19-11-4-2-10(3-5-11)17-14-7-13-9(6-12(14)15)8-16-18-13/h2-8,17H,15H2,1H3,(H,16,18). The van der Waals surface area contributed by atoms with E-state index in [0.29, 0.717) is 5.69 Å². The third kappa shape index (κ3) is 2.18. The zero-order valence-electron chi connectivity index (χ0n) is 10.5. The molecule has 3 aromatic rings. The minimum absolute atomic E-state index is 0.685. The van der Waals surface area contributed by atoms with Crippen LogP contribution in [0.1, 0.15) is 0 Å². The molecule has 0 saturated carbocycles. The van der Waals surface area contributed by atoms with Crippen molar-refractivity contribution in [2.45, 2.75) is 0 Å². The molecule has 5 nitrogen and oxygen atoms in total. The van der Waals surface area contributed by atoms with Gasteiger partial charge < -0.3 is 15.8 Å². The van der Waals surface area contributed by atoms with Crippen molar-refractivity contribution in [2.75, 3.05) is 18.2 Å². The summed E-state index contributed by atoms with van der Waals surface area (Å²) in [7, 11) is 1.65. The molecule has 0 unspecified atom stereocenters. The van der Waals surface area contributed by atoms with Gasteiger partial charge in [-0.2, -0.15) is 5.10 Å². The third-order valence-corrected chi connectivity index (χ3v) is 2.98. The van der Waals surface area contributed by atoms with Crippen molar-refractivity contribution >= 4 is 28.0 Å². The van der Waals surface area contributed by atoms with Crippen LogP contribution in [0.5, 0.6) is 5.75 Å². The van der Waals surface area contributed by atoms with Crippen LogP contribution in [0.25, 0.3) is 10.9 Å². The van der Waals surface area contributed by atoms with Crippen LogP contribution in [0, 0.1) is 0 Å². The molecule has 96 valence electrons. The largest absolute Gasteiger partial charge is 0.497 e. The second-order valence-electron chi connectivity index (χ2n) is 4.25. The summed E-state index contributed by atoms with van der Waals surface area (Å²) in [5.41, 5.74) is 9.45. The van der Waals surface area contributed by atoms with Crippen LogP contribution in [0.15, 0.2) is 42.6 Å². The Morgan fingerprint density at radius 3 is 2.74 bits per heavy atom. The van der Waals surface area contributed by atoms with Crippen LogP contribution in [0.2, 0.25) is 0 Å². The Labute approximate surface area is 110 Å². The number of methoxy groups -OCH3 is 1. The van der Waals surface area contributed by atoms with Gasteiger partial charge >= 0.3 is 0 Å². The molecule has 0 aliphatic rings. The Morgan fingerprint density at radius 1 is 1.21 bits per heavy atom. The Balaban J connectivity index is 1.92. The van der Waals surface area contributed by atoms with Gasteiger partial charge in [-0.1, -0.05) is 0 Å². The summed E-state index contributed by atoms with van der Waals surface area (Å²) in [5.74, 6) is 0.822. The maximum absolute atomic E-state index is 6.02. The molecule has 0 saturated heterocycles. The number of fused-ring (bicyclic) bond motifs is 1. The number of anilines is 3. The summed E-state index contributed by atoms with van der Waals surface area (Å²) in [6.45, 7) is 0. The average molecular weight is 254 g/mol. The van der Waals surface area contributed by atoms with Gasteiger partial charge in [0.2, 0.25) is 0 Å². The smallest absolute Gasteiger partial charge is 0.119 e. The van der Waals surface area contributed by atoms with E-state index in [1.165, 1.54) is 0 Å². The van der Waals surface area contributed by atoms with Gasteiger partial charge in [-0.3, -0.25) is 5.10 Å². The number of ether oxygens (including phenoxy) is 1. The Bertz CT molecular complexity index is 703. The van der Waals surface area contributed by atoms with Crippen LogP contribution >= 0.6 is 0 Å². The molecule has 1 aromatic heterocycles. The molecule has 0 aliphatic heterocycles. The molecule has 0 bridgehead atoms. The van der Waals surface area contributed by atoms with Crippen molar-refractivity contribution < 1.29 is 4.74 Å². The number of aromatic amines is 1. The summed E-state index contributed by atoms with van der Waals surface area (Å²) < 4.78 is 5.12. The number of rotatable bonds is 3. The van der Waals surface area contributed by atoms with Crippen LogP contribution < -0.4 is 15.8 Å². The molecule has 0 amide bonds. The van der Waals surface area contributed by atoms with E-state index in [1.807, 2.05) is 36.4 Å². The number of benzene rings is 2. The number of H-pyrrole nitrogens is 1. The molecule has 4 N–H and O–H groups in total. The fourth-order valence-electron chi connectivity index (χ4n) is 1.95. The molecule has 0 radical (unpaired) electrons. The second-order valence-corrected chi connectivity index (χ2v) is 4.25. The maximum atomic E-state index is 6.02. The van der Waals surface area contributed by atoms with E-state index >= 15 is 0 Å². The number of nitrogens with one attached hydrogen (secondary N) is 2. The van der Waals surface area contributed by atoms with Gasteiger partial charge in [0, 0.05) is 11.1 Å². The van der Waals surface area contributed by atoms with Gasteiger partial charge in [-0.15, -0.1) is 0 Å².